The van der Waals surface area contributed by atoms with Crippen LogP contribution in [0.3, 0.4) is 0 Å². The molecule has 1 aromatic rings. The van der Waals surface area contributed by atoms with Crippen molar-refractivity contribution in [3.05, 3.63) is 35.9 Å². The second-order valence-corrected chi connectivity index (χ2v) is 4.65. The molecule has 0 amide bonds. The van der Waals surface area contributed by atoms with Gasteiger partial charge >= 0.3 is 0 Å². The molecule has 0 radical (unpaired) electrons. The predicted molar refractivity (Wildman–Crippen MR) is 66.4 cm³/mol. The lowest BCUT2D eigenvalue weighted by Crippen LogP contribution is -2.43. The molecule has 1 heterocycles. The molecule has 2 atom stereocenters. The van der Waals surface area contributed by atoms with Crippen LogP contribution in [0.1, 0.15) is 31.2 Å². The second-order valence-electron chi connectivity index (χ2n) is 4.65. The highest BCUT2D eigenvalue weighted by Crippen LogP contribution is 2.14. The van der Waals surface area contributed by atoms with Crippen molar-refractivity contribution in [2.45, 2.75) is 44.2 Å². The van der Waals surface area contributed by atoms with Crippen molar-refractivity contribution >= 4 is 0 Å². The molecule has 0 aromatic heterocycles. The van der Waals surface area contributed by atoms with E-state index in [9.17, 15) is 5.11 Å². The van der Waals surface area contributed by atoms with Crippen molar-refractivity contribution in [2.75, 3.05) is 6.54 Å². The summed E-state index contributed by atoms with van der Waals surface area (Å²) >= 11 is 0. The molecule has 1 aliphatic rings. The van der Waals surface area contributed by atoms with Gasteiger partial charge in [-0.2, -0.15) is 0 Å². The molecule has 88 valence electrons. The van der Waals surface area contributed by atoms with Gasteiger partial charge in [-0.15, -0.1) is 0 Å². The summed E-state index contributed by atoms with van der Waals surface area (Å²) in [4.78, 5) is 0. The first kappa shape index (κ1) is 11.6. The largest absolute Gasteiger partial charge is 0.391 e. The fourth-order valence-corrected chi connectivity index (χ4v) is 2.37. The average Bonchev–Trinajstić information content (AvgIpc) is 2.38. The van der Waals surface area contributed by atoms with Crippen LogP contribution in [0.4, 0.5) is 0 Å². The first-order valence-electron chi connectivity index (χ1n) is 6.31. The minimum atomic E-state index is -0.194. The van der Waals surface area contributed by atoms with E-state index in [1.807, 2.05) is 6.07 Å². The summed E-state index contributed by atoms with van der Waals surface area (Å²) in [5.74, 6) is 0. The molecule has 0 aliphatic carbocycles. The minimum absolute atomic E-state index is 0.194. The molecule has 0 unspecified atom stereocenters. The molecule has 2 rings (SSSR count). The van der Waals surface area contributed by atoms with Crippen molar-refractivity contribution < 1.29 is 5.11 Å². The molecule has 2 heteroatoms. The molecule has 2 nitrogen and oxygen atoms in total. The molecule has 0 saturated carbocycles. The van der Waals surface area contributed by atoms with Crippen LogP contribution in [-0.2, 0) is 6.42 Å². The lowest BCUT2D eigenvalue weighted by Gasteiger charge is -2.28. The van der Waals surface area contributed by atoms with Gasteiger partial charge in [0.1, 0.15) is 0 Å². The number of rotatable bonds is 4. The highest BCUT2D eigenvalue weighted by atomic mass is 16.3. The van der Waals surface area contributed by atoms with E-state index in [-0.39, 0.29) is 6.10 Å². The Morgan fingerprint density at radius 1 is 1.25 bits per heavy atom. The van der Waals surface area contributed by atoms with E-state index in [1.165, 1.54) is 18.4 Å². The zero-order valence-corrected chi connectivity index (χ0v) is 9.73. The number of piperidine rings is 1. The van der Waals surface area contributed by atoms with Crippen LogP contribution in [0.25, 0.3) is 0 Å². The van der Waals surface area contributed by atoms with Crippen LogP contribution < -0.4 is 5.32 Å². The van der Waals surface area contributed by atoms with Gasteiger partial charge in [0.05, 0.1) is 6.10 Å². The fourth-order valence-electron chi connectivity index (χ4n) is 2.37. The van der Waals surface area contributed by atoms with E-state index in [0.717, 1.165) is 25.8 Å². The maximum absolute atomic E-state index is 10.1. The van der Waals surface area contributed by atoms with Crippen molar-refractivity contribution in [2.24, 2.45) is 0 Å². The number of aliphatic hydroxyl groups excluding tert-OH is 1. The SMILES string of the molecule is O[C@H](CCc1ccccc1)[C@H]1CCCCN1. The molecule has 0 bridgehead atoms. The Morgan fingerprint density at radius 3 is 2.75 bits per heavy atom. The first-order valence-corrected chi connectivity index (χ1v) is 6.31. The van der Waals surface area contributed by atoms with Crippen LogP contribution in [-0.4, -0.2) is 23.8 Å². The van der Waals surface area contributed by atoms with E-state index in [0.29, 0.717) is 6.04 Å². The van der Waals surface area contributed by atoms with E-state index in [2.05, 4.69) is 29.6 Å². The van der Waals surface area contributed by atoms with Gasteiger partial charge in [0.15, 0.2) is 0 Å². The summed E-state index contributed by atoms with van der Waals surface area (Å²) in [7, 11) is 0. The third-order valence-corrected chi connectivity index (χ3v) is 3.38. The molecule has 1 aliphatic heterocycles. The van der Waals surface area contributed by atoms with Gasteiger partial charge < -0.3 is 10.4 Å². The third-order valence-electron chi connectivity index (χ3n) is 3.38. The third kappa shape index (κ3) is 3.32. The molecular weight excluding hydrogens is 198 g/mol. The number of hydrogen-bond donors (Lipinski definition) is 2. The smallest absolute Gasteiger partial charge is 0.0696 e. The van der Waals surface area contributed by atoms with Crippen LogP contribution >= 0.6 is 0 Å². The average molecular weight is 219 g/mol. The molecule has 1 saturated heterocycles. The number of aryl methyl sites for hydroxylation is 1. The highest BCUT2D eigenvalue weighted by molar-refractivity contribution is 5.14. The molecule has 0 spiro atoms. The molecule has 2 N–H and O–H groups in total. The lowest BCUT2D eigenvalue weighted by molar-refractivity contribution is 0.105. The topological polar surface area (TPSA) is 32.3 Å². The van der Waals surface area contributed by atoms with Gasteiger partial charge in [0.2, 0.25) is 0 Å². The number of nitrogens with one attached hydrogen (secondary N) is 1. The first-order chi connectivity index (χ1) is 7.86. The van der Waals surface area contributed by atoms with E-state index in [4.69, 9.17) is 0 Å². The molecule has 1 aromatic carbocycles. The fraction of sp³-hybridized carbons (Fsp3) is 0.571. The summed E-state index contributed by atoms with van der Waals surface area (Å²) in [5.41, 5.74) is 1.32. The van der Waals surface area contributed by atoms with E-state index < -0.39 is 0 Å². The standard InChI is InChI=1S/C14H21NO/c16-14(13-8-4-5-11-15-13)10-9-12-6-2-1-3-7-12/h1-3,6-7,13-16H,4-5,8-11H2/t13-,14-/m1/s1. The van der Waals surface area contributed by atoms with Crippen molar-refractivity contribution in [1.82, 2.24) is 5.32 Å². The predicted octanol–water partition coefficient (Wildman–Crippen LogP) is 2.12. The summed E-state index contributed by atoms with van der Waals surface area (Å²) < 4.78 is 0. The molecule has 16 heavy (non-hydrogen) atoms. The van der Waals surface area contributed by atoms with Gasteiger partial charge in [0.25, 0.3) is 0 Å². The van der Waals surface area contributed by atoms with Crippen molar-refractivity contribution in [3.63, 3.8) is 0 Å². The van der Waals surface area contributed by atoms with Crippen LogP contribution in [0.5, 0.6) is 0 Å². The van der Waals surface area contributed by atoms with Crippen LogP contribution in [0.2, 0.25) is 0 Å². The molecular formula is C14H21NO. The van der Waals surface area contributed by atoms with Gasteiger partial charge in [-0.25, -0.2) is 0 Å². The van der Waals surface area contributed by atoms with E-state index in [1.54, 1.807) is 0 Å². The van der Waals surface area contributed by atoms with Gasteiger partial charge in [-0.3, -0.25) is 0 Å². The highest BCUT2D eigenvalue weighted by Gasteiger charge is 2.20. The van der Waals surface area contributed by atoms with Crippen molar-refractivity contribution in [1.29, 1.82) is 0 Å². The van der Waals surface area contributed by atoms with Gasteiger partial charge in [-0.1, -0.05) is 36.8 Å². The van der Waals surface area contributed by atoms with Gasteiger partial charge in [-0.05, 0) is 37.8 Å². The van der Waals surface area contributed by atoms with Gasteiger partial charge in [0, 0.05) is 6.04 Å². The molecule has 1 fully saturated rings. The Kier molecular flexibility index (Phi) is 4.37. The Balaban J connectivity index is 1.76. The summed E-state index contributed by atoms with van der Waals surface area (Å²) in [6, 6.07) is 10.7. The van der Waals surface area contributed by atoms with Crippen LogP contribution in [0.15, 0.2) is 30.3 Å². The Labute approximate surface area is 97.7 Å². The Morgan fingerprint density at radius 2 is 2.06 bits per heavy atom. The lowest BCUT2D eigenvalue weighted by atomic mass is 9.95. The maximum Gasteiger partial charge on any atom is 0.0696 e. The summed E-state index contributed by atoms with van der Waals surface area (Å²) in [5, 5.41) is 13.5. The number of hydrogen-bond acceptors (Lipinski definition) is 2. The quantitative estimate of drug-likeness (QED) is 0.813. The van der Waals surface area contributed by atoms with Crippen molar-refractivity contribution in [3.8, 4) is 0 Å². The zero-order valence-electron chi connectivity index (χ0n) is 9.73. The zero-order chi connectivity index (χ0) is 11.2. The minimum Gasteiger partial charge on any atom is -0.391 e. The Bertz CT molecular complexity index is 293. The summed E-state index contributed by atoms with van der Waals surface area (Å²) in [6.45, 7) is 1.06. The second kappa shape index (κ2) is 6.02. The number of benzene rings is 1. The number of aliphatic hydroxyl groups is 1. The maximum atomic E-state index is 10.1. The van der Waals surface area contributed by atoms with Crippen LogP contribution in [0, 0.1) is 0 Å². The normalized spacial score (nSPS) is 22.9. The summed E-state index contributed by atoms with van der Waals surface area (Å²) in [6.07, 6.45) is 5.26. The Hall–Kier alpha value is -0.860. The monoisotopic (exact) mass is 219 g/mol. The van der Waals surface area contributed by atoms with E-state index >= 15 is 0 Å².